The van der Waals surface area contributed by atoms with Gasteiger partial charge in [-0.25, -0.2) is 9.97 Å². The smallest absolute Gasteiger partial charge is 0.130 e. The minimum absolute atomic E-state index is 0.0801. The van der Waals surface area contributed by atoms with Gasteiger partial charge in [0.05, 0.1) is 5.69 Å². The van der Waals surface area contributed by atoms with Crippen molar-refractivity contribution in [3.8, 4) is 11.3 Å². The van der Waals surface area contributed by atoms with Gasteiger partial charge in [-0.3, -0.25) is 0 Å². The van der Waals surface area contributed by atoms with Crippen molar-refractivity contribution in [3.05, 3.63) is 47.4 Å². The molecule has 1 aromatic heterocycles. The summed E-state index contributed by atoms with van der Waals surface area (Å²) >= 11 is 0. The van der Waals surface area contributed by atoms with Crippen molar-refractivity contribution < 1.29 is 0 Å². The lowest BCUT2D eigenvalue weighted by atomic mass is 10.0. The molecule has 0 saturated heterocycles. The van der Waals surface area contributed by atoms with E-state index in [1.165, 1.54) is 5.56 Å². The number of aryl methyl sites for hydroxylation is 2. The van der Waals surface area contributed by atoms with Crippen LogP contribution in [0, 0.1) is 13.8 Å². The van der Waals surface area contributed by atoms with E-state index in [9.17, 15) is 0 Å². The van der Waals surface area contributed by atoms with E-state index in [0.29, 0.717) is 6.42 Å². The Morgan fingerprint density at radius 3 is 2.56 bits per heavy atom. The molecule has 0 aliphatic carbocycles. The van der Waals surface area contributed by atoms with Gasteiger partial charge in [-0.1, -0.05) is 24.3 Å². The maximum Gasteiger partial charge on any atom is 0.130 e. The van der Waals surface area contributed by atoms with Crippen molar-refractivity contribution in [1.29, 1.82) is 0 Å². The molecule has 1 atom stereocenters. The average molecular weight is 241 g/mol. The third kappa shape index (κ3) is 2.93. The molecule has 0 fully saturated rings. The minimum atomic E-state index is 0.0801. The molecule has 1 unspecified atom stereocenters. The first-order valence-corrected chi connectivity index (χ1v) is 6.22. The molecular formula is C15H19N3. The van der Waals surface area contributed by atoms with E-state index in [1.54, 1.807) is 0 Å². The molecule has 0 bridgehead atoms. The lowest BCUT2D eigenvalue weighted by Crippen LogP contribution is -2.19. The first kappa shape index (κ1) is 12.7. The second kappa shape index (κ2) is 5.27. The maximum absolute atomic E-state index is 5.81. The van der Waals surface area contributed by atoms with Crippen LogP contribution in [0.2, 0.25) is 0 Å². The van der Waals surface area contributed by atoms with Gasteiger partial charge in [0.1, 0.15) is 5.82 Å². The molecule has 0 aliphatic heterocycles. The zero-order valence-electron chi connectivity index (χ0n) is 11.1. The SMILES string of the molecule is Cc1cc(-c2ccccc2C)nc(CC(C)N)n1. The van der Waals surface area contributed by atoms with E-state index < -0.39 is 0 Å². The summed E-state index contributed by atoms with van der Waals surface area (Å²) in [7, 11) is 0. The van der Waals surface area contributed by atoms with Gasteiger partial charge in [-0.2, -0.15) is 0 Å². The molecule has 0 saturated carbocycles. The van der Waals surface area contributed by atoms with Crippen LogP contribution in [0.4, 0.5) is 0 Å². The van der Waals surface area contributed by atoms with Gasteiger partial charge in [-0.05, 0) is 32.4 Å². The van der Waals surface area contributed by atoms with Crippen LogP contribution >= 0.6 is 0 Å². The van der Waals surface area contributed by atoms with E-state index in [0.717, 1.165) is 22.8 Å². The van der Waals surface area contributed by atoms with Crippen LogP contribution in [-0.4, -0.2) is 16.0 Å². The number of rotatable bonds is 3. The fourth-order valence-corrected chi connectivity index (χ4v) is 2.01. The predicted molar refractivity (Wildman–Crippen MR) is 74.3 cm³/mol. The molecule has 2 rings (SSSR count). The lowest BCUT2D eigenvalue weighted by Gasteiger charge is -2.09. The standard InChI is InChI=1S/C15H19N3/c1-10-6-4-5-7-13(10)14-9-12(3)17-15(18-14)8-11(2)16/h4-7,9,11H,8,16H2,1-3H3. The van der Waals surface area contributed by atoms with Gasteiger partial charge in [0.2, 0.25) is 0 Å². The maximum atomic E-state index is 5.81. The number of nitrogens with zero attached hydrogens (tertiary/aromatic N) is 2. The van der Waals surface area contributed by atoms with Crippen LogP contribution in [0.5, 0.6) is 0 Å². The highest BCUT2D eigenvalue weighted by atomic mass is 14.9. The predicted octanol–water partition coefficient (Wildman–Crippen LogP) is 2.65. The Morgan fingerprint density at radius 1 is 1.17 bits per heavy atom. The number of aromatic nitrogens is 2. The molecule has 3 nitrogen and oxygen atoms in total. The fraction of sp³-hybridized carbons (Fsp3) is 0.333. The molecular weight excluding hydrogens is 222 g/mol. The number of nitrogens with two attached hydrogens (primary N) is 1. The van der Waals surface area contributed by atoms with Gasteiger partial charge in [0.25, 0.3) is 0 Å². The zero-order valence-corrected chi connectivity index (χ0v) is 11.1. The summed E-state index contributed by atoms with van der Waals surface area (Å²) in [6.07, 6.45) is 0.709. The third-order valence-electron chi connectivity index (χ3n) is 2.83. The van der Waals surface area contributed by atoms with Gasteiger partial charge < -0.3 is 5.73 Å². The van der Waals surface area contributed by atoms with Crippen molar-refractivity contribution in [3.63, 3.8) is 0 Å². The molecule has 94 valence electrons. The monoisotopic (exact) mass is 241 g/mol. The number of hydrogen-bond acceptors (Lipinski definition) is 3. The van der Waals surface area contributed by atoms with Crippen LogP contribution in [0.25, 0.3) is 11.3 Å². The second-order valence-corrected chi connectivity index (χ2v) is 4.81. The Kier molecular flexibility index (Phi) is 3.72. The van der Waals surface area contributed by atoms with Crippen LogP contribution in [0.15, 0.2) is 30.3 Å². The van der Waals surface area contributed by atoms with Crippen LogP contribution in [-0.2, 0) is 6.42 Å². The van der Waals surface area contributed by atoms with E-state index >= 15 is 0 Å². The summed E-state index contributed by atoms with van der Waals surface area (Å²) in [6.45, 7) is 6.06. The van der Waals surface area contributed by atoms with Gasteiger partial charge in [0.15, 0.2) is 0 Å². The summed E-state index contributed by atoms with van der Waals surface area (Å²) in [5.41, 5.74) is 10.2. The van der Waals surface area contributed by atoms with Crippen LogP contribution in [0.3, 0.4) is 0 Å². The van der Waals surface area contributed by atoms with Gasteiger partial charge in [-0.15, -0.1) is 0 Å². The van der Waals surface area contributed by atoms with E-state index in [4.69, 9.17) is 5.73 Å². The summed E-state index contributed by atoms with van der Waals surface area (Å²) in [6, 6.07) is 10.4. The fourth-order valence-electron chi connectivity index (χ4n) is 2.01. The Balaban J connectivity index is 2.45. The quantitative estimate of drug-likeness (QED) is 0.898. The van der Waals surface area contributed by atoms with Crippen molar-refractivity contribution in [2.75, 3.05) is 0 Å². The zero-order chi connectivity index (χ0) is 13.1. The first-order chi connectivity index (χ1) is 8.56. The Morgan fingerprint density at radius 2 is 1.89 bits per heavy atom. The molecule has 2 aromatic rings. The van der Waals surface area contributed by atoms with E-state index in [2.05, 4.69) is 29.0 Å². The topological polar surface area (TPSA) is 51.8 Å². The van der Waals surface area contributed by atoms with Crippen LogP contribution in [0.1, 0.15) is 24.0 Å². The Labute approximate surface area is 108 Å². The van der Waals surface area contributed by atoms with E-state index in [1.807, 2.05) is 32.0 Å². The lowest BCUT2D eigenvalue weighted by molar-refractivity contribution is 0.699. The van der Waals surface area contributed by atoms with E-state index in [-0.39, 0.29) is 6.04 Å². The molecule has 0 radical (unpaired) electrons. The highest BCUT2D eigenvalue weighted by Gasteiger charge is 2.08. The summed E-state index contributed by atoms with van der Waals surface area (Å²) in [4.78, 5) is 9.05. The Bertz CT molecular complexity index is 547. The molecule has 0 spiro atoms. The molecule has 1 heterocycles. The van der Waals surface area contributed by atoms with Gasteiger partial charge in [0, 0.05) is 23.7 Å². The molecule has 1 aromatic carbocycles. The molecule has 0 amide bonds. The molecule has 3 heteroatoms. The normalized spacial score (nSPS) is 12.4. The Hall–Kier alpha value is -1.74. The average Bonchev–Trinajstić information content (AvgIpc) is 2.27. The highest BCUT2D eigenvalue weighted by Crippen LogP contribution is 2.21. The number of hydrogen-bond donors (Lipinski definition) is 1. The second-order valence-electron chi connectivity index (χ2n) is 4.81. The molecule has 2 N–H and O–H groups in total. The minimum Gasteiger partial charge on any atom is -0.328 e. The van der Waals surface area contributed by atoms with Crippen molar-refractivity contribution in [2.45, 2.75) is 33.2 Å². The number of benzene rings is 1. The molecule has 18 heavy (non-hydrogen) atoms. The first-order valence-electron chi connectivity index (χ1n) is 6.22. The summed E-state index contributed by atoms with van der Waals surface area (Å²) in [5, 5.41) is 0. The third-order valence-corrected chi connectivity index (χ3v) is 2.83. The largest absolute Gasteiger partial charge is 0.328 e. The highest BCUT2D eigenvalue weighted by molar-refractivity contribution is 5.63. The van der Waals surface area contributed by atoms with Gasteiger partial charge >= 0.3 is 0 Å². The van der Waals surface area contributed by atoms with Crippen LogP contribution < -0.4 is 5.73 Å². The van der Waals surface area contributed by atoms with Crippen molar-refractivity contribution >= 4 is 0 Å². The van der Waals surface area contributed by atoms with Crippen molar-refractivity contribution in [2.24, 2.45) is 5.73 Å². The summed E-state index contributed by atoms with van der Waals surface area (Å²) < 4.78 is 0. The van der Waals surface area contributed by atoms with Crippen molar-refractivity contribution in [1.82, 2.24) is 9.97 Å². The molecule has 0 aliphatic rings. The summed E-state index contributed by atoms with van der Waals surface area (Å²) in [5.74, 6) is 0.822.